The third kappa shape index (κ3) is 4.41. The Labute approximate surface area is 154 Å². The maximum Gasteiger partial charge on any atom is 0.263 e. The number of nitrogens with zero attached hydrogens (tertiary/aromatic N) is 3. The van der Waals surface area contributed by atoms with Gasteiger partial charge in [0.15, 0.2) is 6.10 Å². The Balaban J connectivity index is 1.52. The van der Waals surface area contributed by atoms with Gasteiger partial charge in [0.2, 0.25) is 0 Å². The van der Waals surface area contributed by atoms with Gasteiger partial charge in [-0.25, -0.2) is 0 Å². The smallest absolute Gasteiger partial charge is 0.263 e. The minimum Gasteiger partial charge on any atom is -0.480 e. The molecule has 1 aliphatic rings. The number of piperazine rings is 1. The lowest BCUT2D eigenvalue weighted by Crippen LogP contribution is -2.51. The molecule has 1 fully saturated rings. The second-order valence-electron chi connectivity index (χ2n) is 6.46. The molecule has 0 radical (unpaired) electrons. The fraction of sp³-hybridized carbons (Fsp3) is 0.333. The summed E-state index contributed by atoms with van der Waals surface area (Å²) in [5.41, 5.74) is 1.73. The van der Waals surface area contributed by atoms with Crippen molar-refractivity contribution in [2.45, 2.75) is 19.6 Å². The average molecular weight is 349 g/mol. The van der Waals surface area contributed by atoms with E-state index in [0.29, 0.717) is 24.4 Å². The zero-order chi connectivity index (χ0) is 18.4. The number of nitriles is 1. The summed E-state index contributed by atoms with van der Waals surface area (Å²) >= 11 is 0. The van der Waals surface area contributed by atoms with Gasteiger partial charge in [-0.05, 0) is 24.6 Å². The van der Waals surface area contributed by atoms with Crippen LogP contribution in [0.1, 0.15) is 18.1 Å². The fourth-order valence-electron chi connectivity index (χ4n) is 3.13. The summed E-state index contributed by atoms with van der Waals surface area (Å²) < 4.78 is 5.75. The molecular weight excluding hydrogens is 326 g/mol. The molecule has 0 aromatic heterocycles. The van der Waals surface area contributed by atoms with Crippen molar-refractivity contribution in [2.24, 2.45) is 0 Å². The van der Waals surface area contributed by atoms with E-state index in [9.17, 15) is 4.79 Å². The Morgan fingerprint density at radius 1 is 1.08 bits per heavy atom. The lowest BCUT2D eigenvalue weighted by Gasteiger charge is -2.35. The van der Waals surface area contributed by atoms with Gasteiger partial charge in [0.05, 0.1) is 5.56 Å². The third-order valence-electron chi connectivity index (χ3n) is 4.59. The number of carbonyl (C=O) groups excluding carboxylic acids is 1. The molecule has 0 aliphatic carbocycles. The van der Waals surface area contributed by atoms with E-state index in [1.807, 2.05) is 23.1 Å². The second-order valence-corrected chi connectivity index (χ2v) is 6.46. The van der Waals surface area contributed by atoms with Crippen molar-refractivity contribution >= 4 is 5.91 Å². The van der Waals surface area contributed by atoms with Gasteiger partial charge in [-0.2, -0.15) is 5.26 Å². The number of hydrogen-bond donors (Lipinski definition) is 0. The molecule has 1 heterocycles. The Morgan fingerprint density at radius 2 is 1.73 bits per heavy atom. The van der Waals surface area contributed by atoms with E-state index in [0.717, 1.165) is 19.6 Å². The highest BCUT2D eigenvalue weighted by Gasteiger charge is 2.26. The summed E-state index contributed by atoms with van der Waals surface area (Å²) in [6.07, 6.45) is -0.606. The Hall–Kier alpha value is -2.84. The van der Waals surface area contributed by atoms with Crippen LogP contribution in [0, 0.1) is 11.3 Å². The van der Waals surface area contributed by atoms with Crippen LogP contribution in [0.2, 0.25) is 0 Å². The van der Waals surface area contributed by atoms with E-state index in [4.69, 9.17) is 10.00 Å². The van der Waals surface area contributed by atoms with Crippen LogP contribution < -0.4 is 4.74 Å². The molecule has 1 atom stereocenters. The van der Waals surface area contributed by atoms with Crippen LogP contribution >= 0.6 is 0 Å². The van der Waals surface area contributed by atoms with Crippen molar-refractivity contribution in [3.63, 3.8) is 0 Å². The number of carbonyl (C=O) groups is 1. The molecule has 3 rings (SSSR count). The topological polar surface area (TPSA) is 56.6 Å². The highest BCUT2D eigenvalue weighted by atomic mass is 16.5. The first kappa shape index (κ1) is 18.0. The van der Waals surface area contributed by atoms with Crippen molar-refractivity contribution in [2.75, 3.05) is 26.2 Å². The molecule has 5 heteroatoms. The highest BCUT2D eigenvalue weighted by Crippen LogP contribution is 2.19. The van der Waals surface area contributed by atoms with Crippen molar-refractivity contribution < 1.29 is 9.53 Å². The zero-order valence-corrected chi connectivity index (χ0v) is 15.0. The van der Waals surface area contributed by atoms with Gasteiger partial charge in [-0.1, -0.05) is 42.5 Å². The number of rotatable bonds is 5. The highest BCUT2D eigenvalue weighted by molar-refractivity contribution is 5.81. The van der Waals surface area contributed by atoms with Crippen molar-refractivity contribution in [1.82, 2.24) is 9.80 Å². The molecule has 0 spiro atoms. The Morgan fingerprint density at radius 3 is 2.42 bits per heavy atom. The van der Waals surface area contributed by atoms with Gasteiger partial charge >= 0.3 is 0 Å². The summed E-state index contributed by atoms with van der Waals surface area (Å²) in [5, 5.41) is 9.14. The Bertz CT molecular complexity index is 777. The van der Waals surface area contributed by atoms with Crippen LogP contribution in [-0.4, -0.2) is 48.0 Å². The van der Waals surface area contributed by atoms with Crippen LogP contribution in [0.5, 0.6) is 5.75 Å². The predicted molar refractivity (Wildman–Crippen MR) is 99.5 cm³/mol. The van der Waals surface area contributed by atoms with Gasteiger partial charge < -0.3 is 9.64 Å². The van der Waals surface area contributed by atoms with Crippen LogP contribution in [0.3, 0.4) is 0 Å². The SMILES string of the molecule is CC(Oc1ccccc1C#N)C(=O)N1CCN(Cc2ccccc2)CC1. The first-order chi connectivity index (χ1) is 12.7. The van der Waals surface area contributed by atoms with Gasteiger partial charge in [0, 0.05) is 32.7 Å². The molecule has 0 saturated carbocycles. The molecule has 1 unspecified atom stereocenters. The number of benzene rings is 2. The third-order valence-corrected chi connectivity index (χ3v) is 4.59. The first-order valence-electron chi connectivity index (χ1n) is 8.88. The van der Waals surface area contributed by atoms with Gasteiger partial charge in [-0.3, -0.25) is 9.69 Å². The summed E-state index contributed by atoms with van der Waals surface area (Å²) in [7, 11) is 0. The van der Waals surface area contributed by atoms with Gasteiger partial charge in [0.25, 0.3) is 5.91 Å². The van der Waals surface area contributed by atoms with Gasteiger partial charge in [-0.15, -0.1) is 0 Å². The summed E-state index contributed by atoms with van der Waals surface area (Å²) in [4.78, 5) is 16.9. The Kier molecular flexibility index (Phi) is 5.88. The molecule has 26 heavy (non-hydrogen) atoms. The molecule has 0 bridgehead atoms. The van der Waals surface area contributed by atoms with E-state index in [2.05, 4.69) is 23.1 Å². The lowest BCUT2D eigenvalue weighted by molar-refractivity contribution is -0.139. The van der Waals surface area contributed by atoms with Crippen molar-refractivity contribution in [3.05, 3.63) is 65.7 Å². The van der Waals surface area contributed by atoms with Crippen molar-refractivity contribution in [1.29, 1.82) is 5.26 Å². The van der Waals surface area contributed by atoms with E-state index >= 15 is 0 Å². The predicted octanol–water partition coefficient (Wildman–Crippen LogP) is 2.67. The molecule has 5 nitrogen and oxygen atoms in total. The molecule has 1 amide bonds. The molecule has 1 saturated heterocycles. The average Bonchev–Trinajstić information content (AvgIpc) is 2.69. The van der Waals surface area contributed by atoms with Crippen LogP contribution in [0.4, 0.5) is 0 Å². The monoisotopic (exact) mass is 349 g/mol. The number of amides is 1. The molecule has 1 aliphatic heterocycles. The molecular formula is C21H23N3O2. The molecule has 2 aromatic rings. The largest absolute Gasteiger partial charge is 0.480 e. The molecule has 0 N–H and O–H groups in total. The van der Waals surface area contributed by atoms with Crippen LogP contribution in [-0.2, 0) is 11.3 Å². The van der Waals surface area contributed by atoms with Gasteiger partial charge in [0.1, 0.15) is 11.8 Å². The number of hydrogen-bond acceptors (Lipinski definition) is 4. The summed E-state index contributed by atoms with van der Waals surface area (Å²) in [5.74, 6) is 0.427. The van der Waals surface area contributed by atoms with E-state index in [1.165, 1.54) is 5.56 Å². The second kappa shape index (κ2) is 8.50. The quantitative estimate of drug-likeness (QED) is 0.833. The minimum absolute atomic E-state index is 0.0305. The number of para-hydroxylation sites is 1. The first-order valence-corrected chi connectivity index (χ1v) is 8.88. The lowest BCUT2D eigenvalue weighted by atomic mass is 10.2. The standard InChI is InChI=1S/C21H23N3O2/c1-17(26-20-10-6-5-9-19(20)15-22)21(25)24-13-11-23(12-14-24)16-18-7-3-2-4-8-18/h2-10,17H,11-14,16H2,1H3. The van der Waals surface area contributed by atoms with E-state index in [1.54, 1.807) is 31.2 Å². The maximum absolute atomic E-state index is 12.7. The van der Waals surface area contributed by atoms with Crippen LogP contribution in [0.25, 0.3) is 0 Å². The zero-order valence-electron chi connectivity index (χ0n) is 15.0. The fourth-order valence-corrected chi connectivity index (χ4v) is 3.13. The van der Waals surface area contributed by atoms with E-state index in [-0.39, 0.29) is 5.91 Å². The maximum atomic E-state index is 12.7. The normalized spacial score (nSPS) is 15.9. The molecule has 2 aromatic carbocycles. The van der Waals surface area contributed by atoms with E-state index < -0.39 is 6.10 Å². The minimum atomic E-state index is -0.606. The van der Waals surface area contributed by atoms with Crippen LogP contribution in [0.15, 0.2) is 54.6 Å². The summed E-state index contributed by atoms with van der Waals surface area (Å²) in [6, 6.07) is 19.5. The van der Waals surface area contributed by atoms with Crippen molar-refractivity contribution in [3.8, 4) is 11.8 Å². The number of ether oxygens (including phenoxy) is 1. The summed E-state index contributed by atoms with van der Waals surface area (Å²) in [6.45, 7) is 5.74. The molecule has 134 valence electrons.